The molecule has 0 aliphatic carbocycles. The largest absolute Gasteiger partial charge is 0.375 e. The second-order valence-corrected chi connectivity index (χ2v) is 5.28. The van der Waals surface area contributed by atoms with Crippen LogP contribution < -0.4 is 5.73 Å². The third-order valence-electron chi connectivity index (χ3n) is 2.82. The van der Waals surface area contributed by atoms with Gasteiger partial charge in [0.25, 0.3) is 0 Å². The number of nitrogens with two attached hydrogens (primary N) is 1. The summed E-state index contributed by atoms with van der Waals surface area (Å²) in [6.45, 7) is 0. The smallest absolute Gasteiger partial charge is 0.181 e. The maximum atomic E-state index is 13.4. The molecule has 0 bridgehead atoms. The predicted molar refractivity (Wildman–Crippen MR) is 77.3 cm³/mol. The number of thiazole rings is 1. The van der Waals surface area contributed by atoms with Crippen molar-refractivity contribution in [1.82, 2.24) is 4.98 Å². The minimum absolute atomic E-state index is 0.364. The molecule has 0 saturated heterocycles. The fourth-order valence-corrected chi connectivity index (χ4v) is 2.87. The highest BCUT2D eigenvalue weighted by Crippen LogP contribution is 2.38. The van der Waals surface area contributed by atoms with E-state index in [0.29, 0.717) is 16.4 Å². The van der Waals surface area contributed by atoms with Gasteiger partial charge in [-0.15, -0.1) is 0 Å². The fraction of sp³-hybridized carbons (Fsp3) is 0. The molecule has 1 heterocycles. The van der Waals surface area contributed by atoms with Crippen molar-refractivity contribution in [3.05, 3.63) is 60.2 Å². The molecule has 2 N–H and O–H groups in total. The number of rotatable bonds is 2. The van der Waals surface area contributed by atoms with Gasteiger partial charge >= 0.3 is 0 Å². The Labute approximate surface area is 118 Å². The number of hydrogen-bond acceptors (Lipinski definition) is 3. The zero-order valence-electron chi connectivity index (χ0n) is 10.3. The van der Waals surface area contributed by atoms with Gasteiger partial charge < -0.3 is 5.73 Å². The second kappa shape index (κ2) is 5.02. The number of nitrogens with zero attached hydrogens (tertiary/aromatic N) is 1. The first-order valence-electron chi connectivity index (χ1n) is 5.91. The maximum Gasteiger partial charge on any atom is 0.181 e. The van der Waals surface area contributed by atoms with E-state index in [9.17, 15) is 8.78 Å². The summed E-state index contributed by atoms with van der Waals surface area (Å²) in [5.41, 5.74) is 7.55. The number of aromatic nitrogens is 1. The number of nitrogen functional groups attached to an aromatic ring is 1. The van der Waals surface area contributed by atoms with Crippen LogP contribution in [0.15, 0.2) is 48.5 Å². The molecule has 3 aromatic rings. The topological polar surface area (TPSA) is 38.9 Å². The average molecular weight is 288 g/mol. The van der Waals surface area contributed by atoms with Crippen molar-refractivity contribution in [2.45, 2.75) is 0 Å². The minimum atomic E-state index is -0.634. The van der Waals surface area contributed by atoms with E-state index in [-0.39, 0.29) is 0 Å². The Kier molecular flexibility index (Phi) is 3.20. The van der Waals surface area contributed by atoms with Crippen molar-refractivity contribution in [2.24, 2.45) is 0 Å². The monoisotopic (exact) mass is 288 g/mol. The van der Waals surface area contributed by atoms with E-state index in [0.717, 1.165) is 16.5 Å². The number of hydrogen-bond donors (Lipinski definition) is 1. The molecular formula is C15H10F2N2S. The Balaban J connectivity index is 2.19. The molecule has 0 radical (unpaired) electrons. The van der Waals surface area contributed by atoms with Crippen molar-refractivity contribution in [1.29, 1.82) is 0 Å². The number of halogens is 2. The van der Waals surface area contributed by atoms with Crippen molar-refractivity contribution in [3.63, 3.8) is 0 Å². The highest BCUT2D eigenvalue weighted by atomic mass is 32.1. The predicted octanol–water partition coefficient (Wildman–Crippen LogP) is 4.34. The number of anilines is 1. The van der Waals surface area contributed by atoms with E-state index in [4.69, 9.17) is 5.73 Å². The molecule has 2 nitrogen and oxygen atoms in total. The molecule has 5 heteroatoms. The van der Waals surface area contributed by atoms with Crippen LogP contribution >= 0.6 is 11.3 Å². The van der Waals surface area contributed by atoms with E-state index >= 15 is 0 Å². The highest BCUT2D eigenvalue weighted by molar-refractivity contribution is 7.19. The quantitative estimate of drug-likeness (QED) is 0.762. The van der Waals surface area contributed by atoms with Gasteiger partial charge in [-0.05, 0) is 17.7 Å². The van der Waals surface area contributed by atoms with Gasteiger partial charge in [-0.2, -0.15) is 0 Å². The van der Waals surface area contributed by atoms with Gasteiger partial charge in [-0.25, -0.2) is 13.8 Å². The Bertz CT molecular complexity index is 734. The van der Waals surface area contributed by atoms with Crippen LogP contribution in [-0.2, 0) is 0 Å². The van der Waals surface area contributed by atoms with Gasteiger partial charge in [0, 0.05) is 11.6 Å². The third-order valence-corrected chi connectivity index (χ3v) is 3.75. The number of benzene rings is 2. The lowest BCUT2D eigenvalue weighted by molar-refractivity contribution is 0.584. The Morgan fingerprint density at radius 1 is 0.900 bits per heavy atom. The van der Waals surface area contributed by atoms with Gasteiger partial charge in [0.05, 0.1) is 10.6 Å². The molecule has 0 aliphatic rings. The van der Waals surface area contributed by atoms with Crippen LogP contribution in [0.3, 0.4) is 0 Å². The Morgan fingerprint density at radius 3 is 2.20 bits per heavy atom. The van der Waals surface area contributed by atoms with Crippen molar-refractivity contribution in [3.8, 4) is 21.7 Å². The molecule has 20 heavy (non-hydrogen) atoms. The first kappa shape index (κ1) is 12.7. The van der Waals surface area contributed by atoms with E-state index in [2.05, 4.69) is 4.98 Å². The summed E-state index contributed by atoms with van der Waals surface area (Å²) < 4.78 is 26.7. The van der Waals surface area contributed by atoms with E-state index < -0.39 is 11.6 Å². The molecule has 0 spiro atoms. The fourth-order valence-electron chi connectivity index (χ4n) is 2.01. The molecule has 0 atom stereocenters. The van der Waals surface area contributed by atoms with Gasteiger partial charge in [-0.1, -0.05) is 41.7 Å². The standard InChI is InChI=1S/C15H10F2N2S/c16-11-6-10(7-12(17)8-11)13-14(20-15(18)19-13)9-4-2-1-3-5-9/h1-8H,(H2,18,19). The van der Waals surface area contributed by atoms with Crippen molar-refractivity contribution < 1.29 is 8.78 Å². The summed E-state index contributed by atoms with van der Waals surface area (Å²) in [6.07, 6.45) is 0. The molecule has 0 aliphatic heterocycles. The van der Waals surface area contributed by atoms with E-state index in [1.165, 1.54) is 23.5 Å². The van der Waals surface area contributed by atoms with E-state index in [1.807, 2.05) is 30.3 Å². The highest BCUT2D eigenvalue weighted by Gasteiger charge is 2.15. The van der Waals surface area contributed by atoms with Crippen molar-refractivity contribution in [2.75, 3.05) is 5.73 Å². The molecule has 0 saturated carbocycles. The lowest BCUT2D eigenvalue weighted by Crippen LogP contribution is -1.87. The molecule has 100 valence electrons. The van der Waals surface area contributed by atoms with Crippen LogP contribution in [0.4, 0.5) is 13.9 Å². The zero-order chi connectivity index (χ0) is 14.1. The molecule has 1 aromatic heterocycles. The van der Waals surface area contributed by atoms with E-state index in [1.54, 1.807) is 0 Å². The van der Waals surface area contributed by atoms with Crippen LogP contribution in [-0.4, -0.2) is 4.98 Å². The summed E-state index contributed by atoms with van der Waals surface area (Å²) >= 11 is 1.30. The van der Waals surface area contributed by atoms with Crippen LogP contribution in [0.1, 0.15) is 0 Å². The third kappa shape index (κ3) is 2.40. The lowest BCUT2D eigenvalue weighted by atomic mass is 10.1. The molecule has 0 unspecified atom stereocenters. The van der Waals surface area contributed by atoms with Crippen LogP contribution in [0, 0.1) is 11.6 Å². The van der Waals surface area contributed by atoms with Gasteiger partial charge in [0.1, 0.15) is 11.6 Å². The molecule has 0 amide bonds. The summed E-state index contributed by atoms with van der Waals surface area (Å²) in [5, 5.41) is 0.364. The van der Waals surface area contributed by atoms with Crippen LogP contribution in [0.5, 0.6) is 0 Å². The zero-order valence-corrected chi connectivity index (χ0v) is 11.1. The molecule has 2 aromatic carbocycles. The first-order chi connectivity index (χ1) is 9.63. The Morgan fingerprint density at radius 2 is 1.55 bits per heavy atom. The molecular weight excluding hydrogens is 278 g/mol. The normalized spacial score (nSPS) is 10.7. The minimum Gasteiger partial charge on any atom is -0.375 e. The van der Waals surface area contributed by atoms with Gasteiger partial charge in [0.2, 0.25) is 0 Å². The van der Waals surface area contributed by atoms with Crippen molar-refractivity contribution >= 4 is 16.5 Å². The van der Waals surface area contributed by atoms with Gasteiger partial charge in [-0.3, -0.25) is 0 Å². The lowest BCUT2D eigenvalue weighted by Gasteiger charge is -2.03. The maximum absolute atomic E-state index is 13.4. The second-order valence-electron chi connectivity index (χ2n) is 4.25. The average Bonchev–Trinajstić information content (AvgIpc) is 2.81. The van der Waals surface area contributed by atoms with Crippen LogP contribution in [0.25, 0.3) is 21.7 Å². The summed E-state index contributed by atoms with van der Waals surface area (Å²) in [4.78, 5) is 5.00. The summed E-state index contributed by atoms with van der Waals surface area (Å²) in [7, 11) is 0. The summed E-state index contributed by atoms with van der Waals surface area (Å²) in [5.74, 6) is -1.27. The first-order valence-corrected chi connectivity index (χ1v) is 6.73. The van der Waals surface area contributed by atoms with Gasteiger partial charge in [0.15, 0.2) is 5.13 Å². The SMILES string of the molecule is Nc1nc(-c2cc(F)cc(F)c2)c(-c2ccccc2)s1. The molecule has 0 fully saturated rings. The molecule has 3 rings (SSSR count). The van der Waals surface area contributed by atoms with Crippen LogP contribution in [0.2, 0.25) is 0 Å². The summed E-state index contributed by atoms with van der Waals surface area (Å²) in [6, 6.07) is 12.8. The Hall–Kier alpha value is -2.27.